The summed E-state index contributed by atoms with van der Waals surface area (Å²) in [6.07, 6.45) is 4.20. The third-order valence-electron chi connectivity index (χ3n) is 6.37. The number of hydrogen-bond donors (Lipinski definition) is 1. The van der Waals surface area contributed by atoms with Gasteiger partial charge in [0.1, 0.15) is 6.61 Å². The molecule has 6 rings (SSSR count). The van der Waals surface area contributed by atoms with Crippen molar-refractivity contribution in [3.05, 3.63) is 82.8 Å². The molecule has 3 aliphatic heterocycles. The van der Waals surface area contributed by atoms with Crippen molar-refractivity contribution >= 4 is 11.6 Å². The summed E-state index contributed by atoms with van der Waals surface area (Å²) < 4.78 is 32.4. The highest BCUT2D eigenvalue weighted by atomic mass is 19.1. The molecule has 4 heterocycles. The van der Waals surface area contributed by atoms with Crippen LogP contribution in [0.15, 0.2) is 59.7 Å². The molecule has 8 heteroatoms. The van der Waals surface area contributed by atoms with Gasteiger partial charge in [-0.15, -0.1) is 0 Å². The number of halogens is 1. The fourth-order valence-electron chi connectivity index (χ4n) is 4.69. The maximum atomic E-state index is 15.4. The molecule has 0 aliphatic carbocycles. The minimum absolute atomic E-state index is 0.0275. The Bertz CT molecular complexity index is 1440. The van der Waals surface area contributed by atoms with Gasteiger partial charge in [0.05, 0.1) is 36.7 Å². The van der Waals surface area contributed by atoms with Gasteiger partial charge in [0.25, 0.3) is 6.02 Å². The lowest BCUT2D eigenvalue weighted by atomic mass is 9.80. The van der Waals surface area contributed by atoms with Gasteiger partial charge in [-0.2, -0.15) is 5.26 Å². The van der Waals surface area contributed by atoms with Gasteiger partial charge < -0.3 is 19.9 Å². The zero-order valence-corrected chi connectivity index (χ0v) is 18.0. The molecular weight excluding hydrogens is 435 g/mol. The van der Waals surface area contributed by atoms with E-state index in [1.807, 2.05) is 24.3 Å². The van der Waals surface area contributed by atoms with Crippen LogP contribution < -0.4 is 10.5 Å². The van der Waals surface area contributed by atoms with Gasteiger partial charge in [-0.3, -0.25) is 4.98 Å². The zero-order valence-electron chi connectivity index (χ0n) is 18.0. The van der Waals surface area contributed by atoms with E-state index in [1.165, 1.54) is 6.07 Å². The van der Waals surface area contributed by atoms with E-state index < -0.39 is 11.4 Å². The molecule has 34 heavy (non-hydrogen) atoms. The highest BCUT2D eigenvalue weighted by Crippen LogP contribution is 2.52. The van der Waals surface area contributed by atoms with Gasteiger partial charge in [0.15, 0.2) is 22.9 Å². The summed E-state index contributed by atoms with van der Waals surface area (Å²) in [5.41, 5.74) is 9.79. The second-order valence-corrected chi connectivity index (χ2v) is 8.35. The van der Waals surface area contributed by atoms with Crippen LogP contribution in [0, 0.1) is 17.1 Å². The van der Waals surface area contributed by atoms with Crippen molar-refractivity contribution in [2.24, 2.45) is 10.7 Å². The first-order valence-electron chi connectivity index (χ1n) is 10.9. The summed E-state index contributed by atoms with van der Waals surface area (Å²) >= 11 is 0. The van der Waals surface area contributed by atoms with E-state index >= 15 is 4.39 Å². The van der Waals surface area contributed by atoms with E-state index in [0.717, 1.165) is 16.7 Å². The van der Waals surface area contributed by atoms with E-state index in [0.29, 0.717) is 47.8 Å². The number of pyridine rings is 1. The average molecular weight is 454 g/mol. The Morgan fingerprint density at radius 3 is 2.79 bits per heavy atom. The molecule has 0 saturated heterocycles. The van der Waals surface area contributed by atoms with E-state index in [-0.39, 0.29) is 18.4 Å². The number of aromatic nitrogens is 1. The van der Waals surface area contributed by atoms with Gasteiger partial charge in [0.2, 0.25) is 0 Å². The number of ether oxygens (including phenoxy) is 3. The SMILES string of the molecule is N#Cc1cccc(-c2cc3c(cn2)Oc2c(F)cc(C4=CCOCC4)cc2[C@]32COC(N)=N2)c1. The van der Waals surface area contributed by atoms with Gasteiger partial charge in [-0.1, -0.05) is 18.2 Å². The third kappa shape index (κ3) is 3.13. The molecule has 0 fully saturated rings. The maximum Gasteiger partial charge on any atom is 0.283 e. The number of nitrogens with two attached hydrogens (primary N) is 1. The van der Waals surface area contributed by atoms with Crippen molar-refractivity contribution in [2.45, 2.75) is 12.0 Å². The van der Waals surface area contributed by atoms with E-state index in [4.69, 9.17) is 19.9 Å². The summed E-state index contributed by atoms with van der Waals surface area (Å²) in [5, 5.41) is 9.28. The zero-order chi connectivity index (χ0) is 23.3. The Labute approximate surface area is 194 Å². The Hall–Kier alpha value is -4.22. The third-order valence-corrected chi connectivity index (χ3v) is 6.37. The Kier molecular flexibility index (Phi) is 4.61. The highest BCUT2D eigenvalue weighted by Gasteiger charge is 2.48. The largest absolute Gasteiger partial charge is 0.462 e. The molecule has 3 aliphatic rings. The van der Waals surface area contributed by atoms with Gasteiger partial charge in [-0.05, 0) is 47.9 Å². The average Bonchev–Trinajstić information content (AvgIpc) is 3.27. The molecule has 2 aromatic carbocycles. The number of amidine groups is 1. The Morgan fingerprint density at radius 2 is 2.03 bits per heavy atom. The second kappa shape index (κ2) is 7.68. The van der Waals surface area contributed by atoms with Crippen LogP contribution in [0.2, 0.25) is 0 Å². The summed E-state index contributed by atoms with van der Waals surface area (Å²) in [4.78, 5) is 9.16. The number of hydrogen-bond acceptors (Lipinski definition) is 7. The number of nitrogens with zero attached hydrogens (tertiary/aromatic N) is 3. The van der Waals surface area contributed by atoms with Crippen LogP contribution in [-0.2, 0) is 15.0 Å². The van der Waals surface area contributed by atoms with Crippen molar-refractivity contribution in [2.75, 3.05) is 19.8 Å². The maximum absolute atomic E-state index is 15.4. The van der Waals surface area contributed by atoms with Crippen LogP contribution >= 0.6 is 0 Å². The first-order valence-corrected chi connectivity index (χ1v) is 10.9. The monoisotopic (exact) mass is 454 g/mol. The summed E-state index contributed by atoms with van der Waals surface area (Å²) in [6.45, 7) is 1.18. The number of benzene rings is 2. The van der Waals surface area contributed by atoms with Crippen LogP contribution in [-0.4, -0.2) is 30.8 Å². The predicted octanol–water partition coefficient (Wildman–Crippen LogP) is 4.26. The molecular formula is C26H19FN4O3. The molecule has 168 valence electrons. The fraction of sp³-hybridized carbons (Fsp3) is 0.192. The van der Waals surface area contributed by atoms with Gasteiger partial charge >= 0.3 is 0 Å². The lowest BCUT2D eigenvalue weighted by Gasteiger charge is -2.34. The van der Waals surface area contributed by atoms with Crippen molar-refractivity contribution in [3.8, 4) is 28.8 Å². The molecule has 1 aromatic heterocycles. The second-order valence-electron chi connectivity index (χ2n) is 8.35. The van der Waals surface area contributed by atoms with E-state index in [1.54, 1.807) is 24.4 Å². The molecule has 0 saturated carbocycles. The minimum Gasteiger partial charge on any atom is -0.462 e. The lowest BCUT2D eigenvalue weighted by molar-refractivity contribution is 0.161. The summed E-state index contributed by atoms with van der Waals surface area (Å²) in [5.74, 6) is -0.0185. The molecule has 7 nitrogen and oxygen atoms in total. The topological polar surface area (TPSA) is 103 Å². The number of aliphatic imine (C=N–C) groups is 1. The normalized spacial score (nSPS) is 20.4. The van der Waals surface area contributed by atoms with Crippen LogP contribution in [0.3, 0.4) is 0 Å². The van der Waals surface area contributed by atoms with Crippen LogP contribution in [0.4, 0.5) is 4.39 Å². The van der Waals surface area contributed by atoms with E-state index in [2.05, 4.69) is 16.0 Å². The molecule has 3 aromatic rings. The molecule has 1 spiro atoms. The number of rotatable bonds is 2. The van der Waals surface area contributed by atoms with E-state index in [9.17, 15) is 5.26 Å². The van der Waals surface area contributed by atoms with Crippen molar-refractivity contribution in [3.63, 3.8) is 0 Å². The first kappa shape index (κ1) is 20.4. The Morgan fingerprint density at radius 1 is 1.12 bits per heavy atom. The number of fused-ring (bicyclic) bond motifs is 4. The summed E-state index contributed by atoms with van der Waals surface area (Å²) in [6, 6.07) is 14.6. The van der Waals surface area contributed by atoms with Gasteiger partial charge in [-0.25, -0.2) is 9.38 Å². The Balaban J connectivity index is 1.55. The minimum atomic E-state index is -1.08. The number of nitriles is 1. The van der Waals surface area contributed by atoms with Crippen molar-refractivity contribution in [1.29, 1.82) is 5.26 Å². The standard InChI is InChI=1S/C26H19FN4O3/c27-21-10-18(16-4-6-32-7-5-16)9-20-24(21)34-23-13-30-22(17-3-1-2-15(8-17)12-28)11-19(23)26(20)14-33-25(29)31-26/h1-4,8-11,13H,5-7,14H2,(H2,29,31)/t26-/m0/s1. The lowest BCUT2D eigenvalue weighted by Crippen LogP contribution is -2.32. The van der Waals surface area contributed by atoms with Crippen LogP contribution in [0.25, 0.3) is 16.8 Å². The molecule has 1 atom stereocenters. The first-order chi connectivity index (χ1) is 16.6. The molecule has 0 radical (unpaired) electrons. The fourth-order valence-corrected chi connectivity index (χ4v) is 4.69. The summed E-state index contributed by atoms with van der Waals surface area (Å²) in [7, 11) is 0. The molecule has 2 N–H and O–H groups in total. The van der Waals surface area contributed by atoms with Crippen LogP contribution in [0.1, 0.15) is 28.7 Å². The quantitative estimate of drug-likeness (QED) is 0.621. The van der Waals surface area contributed by atoms with Gasteiger partial charge in [0, 0.05) is 16.7 Å². The van der Waals surface area contributed by atoms with Crippen LogP contribution in [0.5, 0.6) is 11.5 Å². The molecule has 0 unspecified atom stereocenters. The predicted molar refractivity (Wildman–Crippen MR) is 123 cm³/mol. The van der Waals surface area contributed by atoms with Crippen molar-refractivity contribution < 1.29 is 18.6 Å². The molecule has 0 amide bonds. The molecule has 0 bridgehead atoms. The highest BCUT2D eigenvalue weighted by molar-refractivity contribution is 5.78. The smallest absolute Gasteiger partial charge is 0.283 e. The van der Waals surface area contributed by atoms with Crippen molar-refractivity contribution in [1.82, 2.24) is 4.98 Å².